The standard InChI is InChI=1S/C21H19BrN6/c22-18-7-5-15(6-8-18)11-25-27-21(23)19-12-24-13-20(26-19)28-10-9-16-3-1-2-4-17(16)14-28/h1-8,11-13H,9-10,14H2,(H2,23,27)/b25-11+. The number of hydrogen-bond acceptors (Lipinski definition) is 5. The lowest BCUT2D eigenvalue weighted by Crippen LogP contribution is -2.31. The molecule has 0 saturated heterocycles. The van der Waals surface area contributed by atoms with Crippen LogP contribution in [0.4, 0.5) is 5.82 Å². The van der Waals surface area contributed by atoms with Gasteiger partial charge in [-0.05, 0) is 35.2 Å². The van der Waals surface area contributed by atoms with E-state index in [1.54, 1.807) is 18.6 Å². The van der Waals surface area contributed by atoms with Crippen molar-refractivity contribution >= 4 is 33.8 Å². The van der Waals surface area contributed by atoms with E-state index >= 15 is 0 Å². The summed E-state index contributed by atoms with van der Waals surface area (Å²) >= 11 is 3.40. The third kappa shape index (κ3) is 4.26. The first kappa shape index (κ1) is 18.3. The molecule has 0 unspecified atom stereocenters. The molecular weight excluding hydrogens is 416 g/mol. The molecule has 0 spiro atoms. The first-order chi connectivity index (χ1) is 13.7. The van der Waals surface area contributed by atoms with Gasteiger partial charge in [0.1, 0.15) is 11.5 Å². The van der Waals surface area contributed by atoms with Crippen LogP contribution in [0.5, 0.6) is 0 Å². The summed E-state index contributed by atoms with van der Waals surface area (Å²) < 4.78 is 1.01. The Morgan fingerprint density at radius 2 is 1.86 bits per heavy atom. The van der Waals surface area contributed by atoms with E-state index < -0.39 is 0 Å². The smallest absolute Gasteiger partial charge is 0.173 e. The van der Waals surface area contributed by atoms with Crippen molar-refractivity contribution in [2.24, 2.45) is 15.9 Å². The molecule has 0 saturated carbocycles. The second-order valence-electron chi connectivity index (χ2n) is 6.48. The number of benzene rings is 2. The van der Waals surface area contributed by atoms with Gasteiger partial charge in [0.25, 0.3) is 0 Å². The molecule has 2 heterocycles. The van der Waals surface area contributed by atoms with Gasteiger partial charge in [-0.3, -0.25) is 4.98 Å². The maximum atomic E-state index is 6.07. The van der Waals surface area contributed by atoms with Gasteiger partial charge < -0.3 is 10.6 Å². The maximum absolute atomic E-state index is 6.07. The number of fused-ring (bicyclic) bond motifs is 1. The quantitative estimate of drug-likeness (QED) is 0.386. The van der Waals surface area contributed by atoms with Crippen LogP contribution in [0.3, 0.4) is 0 Å². The maximum Gasteiger partial charge on any atom is 0.173 e. The van der Waals surface area contributed by atoms with Gasteiger partial charge >= 0.3 is 0 Å². The van der Waals surface area contributed by atoms with E-state index in [-0.39, 0.29) is 5.84 Å². The highest BCUT2D eigenvalue weighted by atomic mass is 79.9. The van der Waals surface area contributed by atoms with Crippen LogP contribution < -0.4 is 10.6 Å². The van der Waals surface area contributed by atoms with Crippen molar-refractivity contribution in [3.05, 3.63) is 87.8 Å². The zero-order chi connectivity index (χ0) is 19.3. The van der Waals surface area contributed by atoms with E-state index in [2.05, 4.69) is 65.3 Å². The molecule has 0 radical (unpaired) electrons. The molecule has 2 N–H and O–H groups in total. The van der Waals surface area contributed by atoms with Crippen molar-refractivity contribution in [3.63, 3.8) is 0 Å². The van der Waals surface area contributed by atoms with Gasteiger partial charge in [-0.15, -0.1) is 5.10 Å². The minimum absolute atomic E-state index is 0.236. The highest BCUT2D eigenvalue weighted by Crippen LogP contribution is 2.22. The SMILES string of the molecule is N/C(=N/N=C/c1ccc(Br)cc1)c1cncc(N2CCc3ccccc3C2)n1. The molecule has 6 nitrogen and oxygen atoms in total. The molecule has 1 aromatic heterocycles. The van der Waals surface area contributed by atoms with Crippen LogP contribution in [0.2, 0.25) is 0 Å². The van der Waals surface area contributed by atoms with Gasteiger partial charge in [0.05, 0.1) is 18.6 Å². The lowest BCUT2D eigenvalue weighted by molar-refractivity contribution is 0.718. The number of amidine groups is 1. The Kier molecular flexibility index (Phi) is 5.43. The minimum atomic E-state index is 0.236. The Bertz CT molecular complexity index is 1030. The first-order valence-corrected chi connectivity index (χ1v) is 9.74. The normalized spacial score (nSPS) is 14.3. The van der Waals surface area contributed by atoms with Gasteiger partial charge in [-0.1, -0.05) is 52.3 Å². The molecule has 0 amide bonds. The molecular formula is C21H19BrN6. The number of aromatic nitrogens is 2. The summed E-state index contributed by atoms with van der Waals surface area (Å²) in [4.78, 5) is 11.1. The lowest BCUT2D eigenvalue weighted by Gasteiger charge is -2.29. The van der Waals surface area contributed by atoms with E-state index in [4.69, 9.17) is 5.73 Å². The summed E-state index contributed by atoms with van der Waals surface area (Å²) in [5, 5.41) is 8.13. The van der Waals surface area contributed by atoms with Crippen molar-refractivity contribution < 1.29 is 0 Å². The van der Waals surface area contributed by atoms with E-state index in [1.165, 1.54) is 11.1 Å². The summed E-state index contributed by atoms with van der Waals surface area (Å²) in [6, 6.07) is 16.3. The van der Waals surface area contributed by atoms with E-state index in [1.807, 2.05) is 24.3 Å². The van der Waals surface area contributed by atoms with Crippen LogP contribution in [0.25, 0.3) is 0 Å². The largest absolute Gasteiger partial charge is 0.380 e. The van der Waals surface area contributed by atoms with Gasteiger partial charge in [-0.2, -0.15) is 5.10 Å². The molecule has 0 aliphatic carbocycles. The highest BCUT2D eigenvalue weighted by Gasteiger charge is 2.17. The van der Waals surface area contributed by atoms with Crippen molar-refractivity contribution in [2.45, 2.75) is 13.0 Å². The predicted molar refractivity (Wildman–Crippen MR) is 116 cm³/mol. The topological polar surface area (TPSA) is 79.8 Å². The Morgan fingerprint density at radius 1 is 1.07 bits per heavy atom. The van der Waals surface area contributed by atoms with Crippen LogP contribution in [-0.2, 0) is 13.0 Å². The Labute approximate surface area is 172 Å². The third-order valence-electron chi connectivity index (χ3n) is 4.58. The zero-order valence-corrected chi connectivity index (χ0v) is 16.7. The predicted octanol–water partition coefficient (Wildman–Crippen LogP) is 3.54. The molecule has 0 fully saturated rings. The summed E-state index contributed by atoms with van der Waals surface area (Å²) in [5.74, 6) is 1.03. The van der Waals surface area contributed by atoms with Crippen LogP contribution in [0, 0.1) is 0 Å². The van der Waals surface area contributed by atoms with Crippen molar-refractivity contribution in [3.8, 4) is 0 Å². The summed E-state index contributed by atoms with van der Waals surface area (Å²) in [6.45, 7) is 1.71. The third-order valence-corrected chi connectivity index (χ3v) is 5.11. The summed E-state index contributed by atoms with van der Waals surface area (Å²) in [6.07, 6.45) is 6.01. The first-order valence-electron chi connectivity index (χ1n) is 8.95. The fraction of sp³-hybridized carbons (Fsp3) is 0.143. The van der Waals surface area contributed by atoms with Gasteiger partial charge in [0.2, 0.25) is 0 Å². The number of nitrogens with zero attached hydrogens (tertiary/aromatic N) is 5. The Balaban J connectivity index is 1.49. The van der Waals surface area contributed by atoms with Crippen LogP contribution in [-0.4, -0.2) is 28.6 Å². The van der Waals surface area contributed by atoms with Crippen LogP contribution >= 0.6 is 15.9 Å². The monoisotopic (exact) mass is 434 g/mol. The summed E-state index contributed by atoms with van der Waals surface area (Å²) in [5.41, 5.74) is 10.2. The average Bonchev–Trinajstić information content (AvgIpc) is 2.75. The van der Waals surface area contributed by atoms with Gasteiger partial charge in [0, 0.05) is 17.6 Å². The molecule has 3 aromatic rings. The van der Waals surface area contributed by atoms with Crippen LogP contribution in [0.15, 0.2) is 75.6 Å². The number of rotatable bonds is 4. The average molecular weight is 435 g/mol. The highest BCUT2D eigenvalue weighted by molar-refractivity contribution is 9.10. The van der Waals surface area contributed by atoms with Gasteiger partial charge in [-0.25, -0.2) is 4.98 Å². The fourth-order valence-electron chi connectivity index (χ4n) is 3.08. The molecule has 28 heavy (non-hydrogen) atoms. The molecule has 0 atom stereocenters. The Morgan fingerprint density at radius 3 is 2.68 bits per heavy atom. The molecule has 1 aliphatic rings. The summed E-state index contributed by atoms with van der Waals surface area (Å²) in [7, 11) is 0. The molecule has 140 valence electrons. The Hall–Kier alpha value is -3.06. The molecule has 0 bridgehead atoms. The second kappa shape index (κ2) is 8.31. The van der Waals surface area contributed by atoms with Crippen molar-refractivity contribution in [1.29, 1.82) is 0 Å². The van der Waals surface area contributed by atoms with Crippen molar-refractivity contribution in [1.82, 2.24) is 9.97 Å². The molecule has 2 aromatic carbocycles. The second-order valence-corrected chi connectivity index (χ2v) is 7.40. The van der Waals surface area contributed by atoms with E-state index in [0.29, 0.717) is 5.69 Å². The number of hydrogen-bond donors (Lipinski definition) is 1. The van der Waals surface area contributed by atoms with Gasteiger partial charge in [0.15, 0.2) is 5.84 Å². The molecule has 1 aliphatic heterocycles. The minimum Gasteiger partial charge on any atom is -0.380 e. The molecule has 4 rings (SSSR count). The van der Waals surface area contributed by atoms with Crippen molar-refractivity contribution in [2.75, 3.05) is 11.4 Å². The number of nitrogens with two attached hydrogens (primary N) is 1. The van der Waals surface area contributed by atoms with E-state index in [0.717, 1.165) is 35.4 Å². The van der Waals surface area contributed by atoms with E-state index in [9.17, 15) is 0 Å². The fourth-order valence-corrected chi connectivity index (χ4v) is 3.34. The number of halogens is 1. The zero-order valence-electron chi connectivity index (χ0n) is 15.2. The van der Waals surface area contributed by atoms with Crippen LogP contribution in [0.1, 0.15) is 22.4 Å². The number of anilines is 1. The lowest BCUT2D eigenvalue weighted by atomic mass is 10.00. The molecule has 7 heteroatoms.